The lowest BCUT2D eigenvalue weighted by molar-refractivity contribution is -0.140. The van der Waals surface area contributed by atoms with Gasteiger partial charge in [0.1, 0.15) is 5.69 Å². The number of carbonyl (C=O) groups excluding carboxylic acids is 1. The van der Waals surface area contributed by atoms with Gasteiger partial charge in [0.25, 0.3) is 5.91 Å². The summed E-state index contributed by atoms with van der Waals surface area (Å²) in [6, 6.07) is 5.50. The summed E-state index contributed by atoms with van der Waals surface area (Å²) in [6.07, 6.45) is 0.595. The molecular weight excluding hydrogens is 537 g/mol. The van der Waals surface area contributed by atoms with Gasteiger partial charge in [0, 0.05) is 29.1 Å². The van der Waals surface area contributed by atoms with Crippen LogP contribution in [0.2, 0.25) is 0 Å². The second-order valence-electron chi connectivity index (χ2n) is 9.53. The van der Waals surface area contributed by atoms with Crippen LogP contribution < -0.4 is 14.4 Å². The molecule has 3 aromatic heterocycles. The van der Waals surface area contributed by atoms with Crippen molar-refractivity contribution in [1.82, 2.24) is 14.4 Å². The summed E-state index contributed by atoms with van der Waals surface area (Å²) in [6.45, 7) is 8.46. The number of carbonyl (C=O) groups is 1. The van der Waals surface area contributed by atoms with Crippen LogP contribution >= 0.6 is 22.7 Å². The van der Waals surface area contributed by atoms with Gasteiger partial charge in [-0.05, 0) is 30.6 Å². The highest BCUT2D eigenvalue weighted by atomic mass is 32.1. The van der Waals surface area contributed by atoms with Gasteiger partial charge in [0.15, 0.2) is 27.3 Å². The number of imidazole rings is 1. The second kappa shape index (κ2) is 10.8. The molecule has 0 aliphatic heterocycles. The number of methoxy groups -OCH3 is 1. The number of aromatic nitrogens is 3. The van der Waals surface area contributed by atoms with Crippen molar-refractivity contribution in [3.05, 3.63) is 57.8 Å². The van der Waals surface area contributed by atoms with Gasteiger partial charge in [-0.25, -0.2) is 9.97 Å². The normalized spacial score (nSPS) is 12.4. The Hall–Kier alpha value is -3.38. The molecule has 0 atom stereocenters. The van der Waals surface area contributed by atoms with E-state index in [0.29, 0.717) is 28.8 Å². The largest absolute Gasteiger partial charge is 0.493 e. The van der Waals surface area contributed by atoms with E-state index in [0.717, 1.165) is 22.3 Å². The SMILES string of the molecule is CCN(C(=O)c1c(C=Cc2cccc(OC)c2OCC(C)(C)C)nc2sccn12)c1nc(C(F)(F)F)cs1. The summed E-state index contributed by atoms with van der Waals surface area (Å²) >= 11 is 2.11. The van der Waals surface area contributed by atoms with Crippen LogP contribution in [0, 0.1) is 5.41 Å². The van der Waals surface area contributed by atoms with Crippen LogP contribution in [-0.2, 0) is 6.18 Å². The summed E-state index contributed by atoms with van der Waals surface area (Å²) in [5, 5.41) is 2.66. The molecule has 0 aliphatic carbocycles. The van der Waals surface area contributed by atoms with E-state index in [-0.39, 0.29) is 22.8 Å². The van der Waals surface area contributed by atoms with Gasteiger partial charge < -0.3 is 9.47 Å². The zero-order valence-corrected chi connectivity index (χ0v) is 23.1. The van der Waals surface area contributed by atoms with E-state index in [1.54, 1.807) is 48.2 Å². The lowest BCUT2D eigenvalue weighted by Gasteiger charge is -2.21. The molecule has 4 rings (SSSR count). The fourth-order valence-corrected chi connectivity index (χ4v) is 5.19. The fourth-order valence-electron chi connectivity index (χ4n) is 3.58. The molecule has 202 valence electrons. The molecule has 0 unspecified atom stereocenters. The third-order valence-electron chi connectivity index (χ3n) is 5.37. The van der Waals surface area contributed by atoms with Crippen LogP contribution in [-0.4, -0.2) is 40.5 Å². The van der Waals surface area contributed by atoms with Gasteiger partial charge in [0.05, 0.1) is 19.4 Å². The van der Waals surface area contributed by atoms with Crippen molar-refractivity contribution in [1.29, 1.82) is 0 Å². The predicted octanol–water partition coefficient (Wildman–Crippen LogP) is 7.14. The van der Waals surface area contributed by atoms with E-state index in [4.69, 9.17) is 9.47 Å². The van der Waals surface area contributed by atoms with Crippen molar-refractivity contribution in [2.45, 2.75) is 33.9 Å². The Balaban J connectivity index is 1.73. The number of alkyl halides is 3. The van der Waals surface area contributed by atoms with Crippen LogP contribution in [0.4, 0.5) is 18.3 Å². The molecule has 12 heteroatoms. The van der Waals surface area contributed by atoms with Crippen molar-refractivity contribution in [3.8, 4) is 11.5 Å². The van der Waals surface area contributed by atoms with Gasteiger partial charge >= 0.3 is 6.18 Å². The van der Waals surface area contributed by atoms with Gasteiger partial charge in [-0.15, -0.1) is 22.7 Å². The first-order valence-electron chi connectivity index (χ1n) is 11.7. The van der Waals surface area contributed by atoms with Crippen LogP contribution in [0.5, 0.6) is 11.5 Å². The summed E-state index contributed by atoms with van der Waals surface area (Å²) in [4.78, 5) is 23.8. The zero-order chi connectivity index (χ0) is 27.7. The van der Waals surface area contributed by atoms with Gasteiger partial charge in [-0.1, -0.05) is 32.9 Å². The van der Waals surface area contributed by atoms with Crippen LogP contribution in [0.15, 0.2) is 35.2 Å². The van der Waals surface area contributed by atoms with Crippen molar-refractivity contribution in [3.63, 3.8) is 0 Å². The highest BCUT2D eigenvalue weighted by Crippen LogP contribution is 2.35. The van der Waals surface area contributed by atoms with E-state index in [9.17, 15) is 18.0 Å². The number of rotatable bonds is 8. The van der Waals surface area contributed by atoms with Gasteiger partial charge in [-0.2, -0.15) is 13.2 Å². The smallest absolute Gasteiger partial charge is 0.434 e. The molecule has 1 amide bonds. The Labute approximate surface area is 226 Å². The minimum atomic E-state index is -4.59. The molecule has 4 aromatic rings. The Kier molecular flexibility index (Phi) is 7.84. The van der Waals surface area contributed by atoms with Crippen molar-refractivity contribution < 1.29 is 27.4 Å². The number of anilines is 1. The average Bonchev–Trinajstić information content (AvgIpc) is 3.57. The third kappa shape index (κ3) is 5.86. The third-order valence-corrected chi connectivity index (χ3v) is 6.99. The Bertz CT molecular complexity index is 1460. The van der Waals surface area contributed by atoms with Crippen molar-refractivity contribution >= 4 is 50.8 Å². The van der Waals surface area contributed by atoms with E-state index >= 15 is 0 Å². The molecule has 0 N–H and O–H groups in total. The van der Waals surface area contributed by atoms with Crippen LogP contribution in [0.1, 0.15) is 55.1 Å². The summed E-state index contributed by atoms with van der Waals surface area (Å²) in [5.74, 6) is 0.628. The second-order valence-corrected chi connectivity index (χ2v) is 11.2. The molecule has 0 aliphatic rings. The molecule has 7 nitrogen and oxygen atoms in total. The number of thiazole rings is 2. The maximum atomic E-state index is 13.7. The average molecular weight is 565 g/mol. The molecule has 1 aromatic carbocycles. The van der Waals surface area contributed by atoms with Crippen LogP contribution in [0.25, 0.3) is 17.1 Å². The number of nitrogens with zero attached hydrogens (tertiary/aromatic N) is 4. The van der Waals surface area contributed by atoms with Gasteiger partial charge in [0.2, 0.25) is 0 Å². The Morgan fingerprint density at radius 2 is 1.92 bits per heavy atom. The summed E-state index contributed by atoms with van der Waals surface area (Å²) < 4.78 is 52.7. The Morgan fingerprint density at radius 3 is 2.55 bits per heavy atom. The van der Waals surface area contributed by atoms with Gasteiger partial charge in [-0.3, -0.25) is 14.1 Å². The number of para-hydroxylation sites is 1. The number of ether oxygens (including phenoxy) is 2. The lowest BCUT2D eigenvalue weighted by Crippen LogP contribution is -2.32. The molecule has 0 saturated carbocycles. The maximum absolute atomic E-state index is 13.7. The number of hydrogen-bond donors (Lipinski definition) is 0. The number of halogens is 3. The quantitative estimate of drug-likeness (QED) is 0.228. The number of benzene rings is 1. The molecule has 0 fully saturated rings. The first-order valence-corrected chi connectivity index (χ1v) is 13.5. The predicted molar refractivity (Wildman–Crippen MR) is 144 cm³/mol. The van der Waals surface area contributed by atoms with Crippen molar-refractivity contribution in [2.24, 2.45) is 5.41 Å². The zero-order valence-electron chi connectivity index (χ0n) is 21.5. The van der Waals surface area contributed by atoms with E-state index in [1.165, 1.54) is 16.2 Å². The summed E-state index contributed by atoms with van der Waals surface area (Å²) in [5.41, 5.74) is 0.214. The maximum Gasteiger partial charge on any atom is 0.434 e. The standard InChI is InChI=1S/C26H27F3N4O3S2/c1-6-32(24-31-19(14-38-24)26(27,28)29)22(34)20-17(30-23-33(20)12-13-37-23)11-10-16-8-7-9-18(35-5)21(16)36-15-25(2,3)4/h7-14H,6,15H2,1-5H3. The Morgan fingerprint density at radius 1 is 1.16 bits per heavy atom. The molecule has 38 heavy (non-hydrogen) atoms. The van der Waals surface area contributed by atoms with E-state index in [1.807, 2.05) is 12.1 Å². The summed E-state index contributed by atoms with van der Waals surface area (Å²) in [7, 11) is 1.56. The lowest BCUT2D eigenvalue weighted by atomic mass is 9.98. The highest BCUT2D eigenvalue weighted by molar-refractivity contribution is 7.15. The van der Waals surface area contributed by atoms with Crippen molar-refractivity contribution in [2.75, 3.05) is 25.2 Å². The molecule has 0 bridgehead atoms. The first kappa shape index (κ1) is 27.6. The number of amides is 1. The fraction of sp³-hybridized carbons (Fsp3) is 0.346. The van der Waals surface area contributed by atoms with E-state index < -0.39 is 17.8 Å². The number of fused-ring (bicyclic) bond motifs is 1. The number of hydrogen-bond acceptors (Lipinski definition) is 7. The topological polar surface area (TPSA) is 69.0 Å². The molecule has 0 saturated heterocycles. The highest BCUT2D eigenvalue weighted by Gasteiger charge is 2.35. The molecule has 3 heterocycles. The van der Waals surface area contributed by atoms with E-state index in [2.05, 4.69) is 30.7 Å². The monoisotopic (exact) mass is 564 g/mol. The molecule has 0 spiro atoms. The first-order chi connectivity index (χ1) is 17.9. The molecule has 0 radical (unpaired) electrons. The molecular formula is C26H27F3N4O3S2. The minimum Gasteiger partial charge on any atom is -0.493 e. The van der Waals surface area contributed by atoms with Crippen LogP contribution in [0.3, 0.4) is 0 Å². The minimum absolute atomic E-state index is 0.0319.